The van der Waals surface area contributed by atoms with Crippen LogP contribution < -0.4 is 5.32 Å². The molecule has 3 fully saturated rings. The van der Waals surface area contributed by atoms with Crippen LogP contribution in [0.5, 0.6) is 0 Å². The summed E-state index contributed by atoms with van der Waals surface area (Å²) in [7, 11) is 0. The number of rotatable bonds is 3. The summed E-state index contributed by atoms with van der Waals surface area (Å²) in [5.74, 6) is 0. The first-order valence-electron chi connectivity index (χ1n) is 11.2. The summed E-state index contributed by atoms with van der Waals surface area (Å²) in [4.78, 5) is 16.9. The van der Waals surface area contributed by atoms with Crippen LogP contribution >= 0.6 is 0 Å². The van der Waals surface area contributed by atoms with Gasteiger partial charge in [-0.1, -0.05) is 19.3 Å². The molecule has 1 aliphatic carbocycles. The maximum Gasteiger partial charge on any atom is 0.410 e. The van der Waals surface area contributed by atoms with Gasteiger partial charge in [0.1, 0.15) is 5.60 Å². The zero-order chi connectivity index (χ0) is 19.5. The molecule has 1 amide bonds. The molecule has 2 heterocycles. The van der Waals surface area contributed by atoms with Gasteiger partial charge in [-0.3, -0.25) is 4.90 Å². The molecule has 1 N–H and O–H groups in total. The van der Waals surface area contributed by atoms with E-state index in [1.54, 1.807) is 0 Å². The summed E-state index contributed by atoms with van der Waals surface area (Å²) >= 11 is 0. The first-order chi connectivity index (χ1) is 12.8. The SMILES string of the molecule is CC(C)(C)OC(=O)N1CCC(C)(N2CCC(NC3CCCCC3)CC2)CC1. The molecule has 0 aromatic carbocycles. The molecule has 0 radical (unpaired) electrons. The Kier molecular flexibility index (Phi) is 6.73. The van der Waals surface area contributed by atoms with Crippen LogP contribution in [0.15, 0.2) is 0 Å². The highest BCUT2D eigenvalue weighted by molar-refractivity contribution is 5.68. The zero-order valence-electron chi connectivity index (χ0n) is 18.1. The Hall–Kier alpha value is -0.810. The second-order valence-electron chi connectivity index (χ2n) is 10.2. The molecule has 3 rings (SSSR count). The van der Waals surface area contributed by atoms with Crippen molar-refractivity contribution in [3.8, 4) is 0 Å². The van der Waals surface area contributed by atoms with Gasteiger partial charge in [-0.05, 0) is 66.2 Å². The molecule has 2 aliphatic heterocycles. The Labute approximate surface area is 166 Å². The number of carbonyl (C=O) groups excluding carboxylic acids is 1. The summed E-state index contributed by atoms with van der Waals surface area (Å²) in [5.41, 5.74) is -0.181. The molecular formula is C22H41N3O2. The van der Waals surface area contributed by atoms with E-state index in [0.717, 1.165) is 32.0 Å². The molecule has 0 unspecified atom stereocenters. The Morgan fingerprint density at radius 1 is 0.926 bits per heavy atom. The summed E-state index contributed by atoms with van der Waals surface area (Å²) in [5, 5.41) is 3.94. The van der Waals surface area contributed by atoms with E-state index in [1.165, 1.54) is 58.0 Å². The lowest BCUT2D eigenvalue weighted by Crippen LogP contribution is -2.58. The van der Waals surface area contributed by atoms with Crippen molar-refractivity contribution in [3.05, 3.63) is 0 Å². The number of piperidine rings is 2. The van der Waals surface area contributed by atoms with Gasteiger partial charge in [-0.15, -0.1) is 0 Å². The van der Waals surface area contributed by atoms with Gasteiger partial charge < -0.3 is 15.0 Å². The number of nitrogens with zero attached hydrogens (tertiary/aromatic N) is 2. The molecule has 0 bridgehead atoms. The third-order valence-electron chi connectivity index (χ3n) is 6.83. The molecule has 1 saturated carbocycles. The normalized spacial score (nSPS) is 26.1. The van der Waals surface area contributed by atoms with Gasteiger partial charge in [0.2, 0.25) is 0 Å². The Morgan fingerprint density at radius 3 is 2.04 bits per heavy atom. The molecule has 5 nitrogen and oxygen atoms in total. The van der Waals surface area contributed by atoms with E-state index >= 15 is 0 Å². The van der Waals surface area contributed by atoms with Crippen molar-refractivity contribution in [2.24, 2.45) is 0 Å². The first-order valence-corrected chi connectivity index (χ1v) is 11.2. The first kappa shape index (κ1) is 20.9. The predicted octanol–water partition coefficient (Wildman–Crippen LogP) is 4.16. The highest BCUT2D eigenvalue weighted by Gasteiger charge is 2.39. The summed E-state index contributed by atoms with van der Waals surface area (Å²) < 4.78 is 5.54. The topological polar surface area (TPSA) is 44.8 Å². The maximum atomic E-state index is 12.3. The third-order valence-corrected chi connectivity index (χ3v) is 6.83. The van der Waals surface area contributed by atoms with Crippen LogP contribution in [0.3, 0.4) is 0 Å². The molecule has 2 saturated heterocycles. The van der Waals surface area contributed by atoms with E-state index in [1.807, 2.05) is 25.7 Å². The largest absolute Gasteiger partial charge is 0.444 e. The average Bonchev–Trinajstić information content (AvgIpc) is 2.62. The number of carbonyl (C=O) groups is 1. The smallest absolute Gasteiger partial charge is 0.410 e. The number of hydrogen-bond donors (Lipinski definition) is 1. The van der Waals surface area contributed by atoms with E-state index in [0.29, 0.717) is 6.04 Å². The lowest BCUT2D eigenvalue weighted by atomic mass is 9.85. The second kappa shape index (κ2) is 8.69. The Morgan fingerprint density at radius 2 is 1.48 bits per heavy atom. The van der Waals surface area contributed by atoms with Crippen LogP contribution in [0, 0.1) is 0 Å². The number of nitrogens with one attached hydrogen (secondary N) is 1. The van der Waals surface area contributed by atoms with Crippen molar-refractivity contribution in [3.63, 3.8) is 0 Å². The van der Waals surface area contributed by atoms with Gasteiger partial charge in [0.25, 0.3) is 0 Å². The van der Waals surface area contributed by atoms with Crippen LogP contribution in [0.4, 0.5) is 4.79 Å². The Balaban J connectivity index is 1.42. The lowest BCUT2D eigenvalue weighted by Gasteiger charge is -2.49. The number of hydrogen-bond acceptors (Lipinski definition) is 4. The summed E-state index contributed by atoms with van der Waals surface area (Å²) in [6, 6.07) is 1.47. The van der Waals surface area contributed by atoms with Gasteiger partial charge in [0, 0.05) is 43.8 Å². The van der Waals surface area contributed by atoms with E-state index in [9.17, 15) is 4.79 Å². The molecule has 156 valence electrons. The quantitative estimate of drug-likeness (QED) is 0.800. The van der Waals surface area contributed by atoms with E-state index < -0.39 is 5.60 Å². The van der Waals surface area contributed by atoms with Crippen LogP contribution in [-0.2, 0) is 4.74 Å². The minimum Gasteiger partial charge on any atom is -0.444 e. The van der Waals surface area contributed by atoms with E-state index in [4.69, 9.17) is 4.74 Å². The third kappa shape index (κ3) is 5.83. The van der Waals surface area contributed by atoms with E-state index in [-0.39, 0.29) is 11.6 Å². The number of ether oxygens (including phenoxy) is 1. The maximum absolute atomic E-state index is 12.3. The molecule has 3 aliphatic rings. The van der Waals surface area contributed by atoms with Crippen molar-refractivity contribution in [2.45, 2.75) is 109 Å². The summed E-state index contributed by atoms with van der Waals surface area (Å²) in [6.45, 7) is 12.2. The molecule has 27 heavy (non-hydrogen) atoms. The van der Waals surface area contributed by atoms with Gasteiger partial charge in [-0.2, -0.15) is 0 Å². The van der Waals surface area contributed by atoms with Crippen molar-refractivity contribution in [2.75, 3.05) is 26.2 Å². The van der Waals surface area contributed by atoms with Crippen LogP contribution in [0.25, 0.3) is 0 Å². The standard InChI is InChI=1S/C22H41N3O2/c1-21(2,3)27-20(26)24-16-12-22(4,13-17-24)25-14-10-19(11-15-25)23-18-8-6-5-7-9-18/h18-19,23H,5-17H2,1-4H3. The van der Waals surface area contributed by atoms with Crippen molar-refractivity contribution in [1.82, 2.24) is 15.1 Å². The monoisotopic (exact) mass is 379 g/mol. The van der Waals surface area contributed by atoms with Crippen LogP contribution in [0.2, 0.25) is 0 Å². The minimum atomic E-state index is -0.412. The van der Waals surface area contributed by atoms with Crippen LogP contribution in [-0.4, -0.2) is 65.3 Å². The van der Waals surface area contributed by atoms with Gasteiger partial charge in [-0.25, -0.2) is 4.79 Å². The van der Waals surface area contributed by atoms with Gasteiger partial charge in [0.15, 0.2) is 0 Å². The van der Waals surface area contributed by atoms with E-state index in [2.05, 4.69) is 17.1 Å². The minimum absolute atomic E-state index is 0.153. The molecule has 0 atom stereocenters. The Bertz CT molecular complexity index is 480. The van der Waals surface area contributed by atoms with Gasteiger partial charge in [0.05, 0.1) is 0 Å². The fraction of sp³-hybridized carbons (Fsp3) is 0.955. The highest BCUT2D eigenvalue weighted by Crippen LogP contribution is 2.32. The van der Waals surface area contributed by atoms with Crippen molar-refractivity contribution >= 4 is 6.09 Å². The number of amides is 1. The predicted molar refractivity (Wildman–Crippen MR) is 110 cm³/mol. The van der Waals surface area contributed by atoms with Crippen molar-refractivity contribution < 1.29 is 9.53 Å². The van der Waals surface area contributed by atoms with Gasteiger partial charge >= 0.3 is 6.09 Å². The molecular weight excluding hydrogens is 338 g/mol. The highest BCUT2D eigenvalue weighted by atomic mass is 16.6. The molecule has 0 spiro atoms. The fourth-order valence-electron chi connectivity index (χ4n) is 5.00. The van der Waals surface area contributed by atoms with Crippen molar-refractivity contribution in [1.29, 1.82) is 0 Å². The number of likely N-dealkylation sites (tertiary alicyclic amines) is 2. The molecule has 0 aromatic rings. The average molecular weight is 380 g/mol. The summed E-state index contributed by atoms with van der Waals surface area (Å²) in [6.07, 6.45) is 11.5. The second-order valence-corrected chi connectivity index (χ2v) is 10.2. The van der Waals surface area contributed by atoms with Crippen LogP contribution in [0.1, 0.15) is 85.5 Å². The fourth-order valence-corrected chi connectivity index (χ4v) is 5.00. The molecule has 5 heteroatoms. The zero-order valence-corrected chi connectivity index (χ0v) is 18.1. The lowest BCUT2D eigenvalue weighted by molar-refractivity contribution is -0.00901. The molecule has 0 aromatic heterocycles.